The second-order valence-corrected chi connectivity index (χ2v) is 7.35. The quantitative estimate of drug-likeness (QED) is 0.411. The summed E-state index contributed by atoms with van der Waals surface area (Å²) in [6.45, 7) is 9.08. The van der Waals surface area contributed by atoms with Crippen LogP contribution >= 0.6 is 0 Å². The molecule has 1 aromatic carbocycles. The zero-order valence-corrected chi connectivity index (χ0v) is 18.9. The first-order valence-corrected chi connectivity index (χ1v) is 10.7. The Morgan fingerprint density at radius 1 is 1.16 bits per heavy atom. The zero-order valence-electron chi connectivity index (χ0n) is 18.9. The molecule has 1 amide bonds. The number of hydrogen-bond acceptors (Lipinski definition) is 5. The van der Waals surface area contributed by atoms with E-state index in [0.717, 1.165) is 23.5 Å². The smallest absolute Gasteiger partial charge is 0.340 e. The molecular formula is C24H29N5O3. The van der Waals surface area contributed by atoms with E-state index in [1.54, 1.807) is 24.0 Å². The first-order valence-electron chi connectivity index (χ1n) is 10.7. The molecule has 32 heavy (non-hydrogen) atoms. The summed E-state index contributed by atoms with van der Waals surface area (Å²) in [4.78, 5) is 29.4. The van der Waals surface area contributed by atoms with Crippen LogP contribution in [0.1, 0.15) is 52.8 Å². The highest BCUT2D eigenvalue weighted by Crippen LogP contribution is 2.25. The van der Waals surface area contributed by atoms with Crippen molar-refractivity contribution in [2.45, 2.75) is 46.8 Å². The topological polar surface area (TPSA) is 91.0 Å². The van der Waals surface area contributed by atoms with E-state index in [2.05, 4.69) is 15.4 Å². The van der Waals surface area contributed by atoms with Gasteiger partial charge in [-0.2, -0.15) is 5.10 Å². The molecule has 3 rings (SSSR count). The van der Waals surface area contributed by atoms with E-state index < -0.39 is 0 Å². The molecule has 3 aromatic rings. The number of amides is 1. The van der Waals surface area contributed by atoms with Crippen LogP contribution in [-0.4, -0.2) is 37.8 Å². The number of esters is 1. The minimum absolute atomic E-state index is 0.268. The van der Waals surface area contributed by atoms with Gasteiger partial charge in [0.1, 0.15) is 12.7 Å². The van der Waals surface area contributed by atoms with Crippen LogP contribution in [0.4, 0.5) is 0 Å². The Morgan fingerprint density at radius 3 is 2.53 bits per heavy atom. The Kier molecular flexibility index (Phi) is 7.59. The molecule has 1 N–H and O–H groups in total. The molecule has 0 radical (unpaired) electrons. The lowest BCUT2D eigenvalue weighted by Gasteiger charge is -2.18. The van der Waals surface area contributed by atoms with Gasteiger partial charge in [0.2, 0.25) is 5.91 Å². The van der Waals surface area contributed by atoms with Gasteiger partial charge in [-0.1, -0.05) is 30.3 Å². The zero-order chi connectivity index (χ0) is 23.1. The van der Waals surface area contributed by atoms with Gasteiger partial charge in [-0.25, -0.2) is 9.78 Å². The van der Waals surface area contributed by atoms with E-state index in [4.69, 9.17) is 4.74 Å². The summed E-state index contributed by atoms with van der Waals surface area (Å²) in [6.07, 6.45) is 6.22. The molecule has 1 unspecified atom stereocenters. The van der Waals surface area contributed by atoms with Gasteiger partial charge in [0, 0.05) is 29.6 Å². The molecule has 8 nitrogen and oxygen atoms in total. The molecule has 0 aliphatic rings. The van der Waals surface area contributed by atoms with Crippen LogP contribution in [0.25, 0.3) is 6.08 Å². The van der Waals surface area contributed by atoms with E-state index in [1.807, 2.05) is 55.7 Å². The maximum absolute atomic E-state index is 12.8. The predicted octanol–water partition coefficient (Wildman–Crippen LogP) is 3.46. The molecule has 2 heterocycles. The first kappa shape index (κ1) is 23.0. The van der Waals surface area contributed by atoms with Crippen LogP contribution in [0.2, 0.25) is 0 Å². The van der Waals surface area contributed by atoms with Gasteiger partial charge in [-0.3, -0.25) is 9.48 Å². The van der Waals surface area contributed by atoms with E-state index >= 15 is 0 Å². The van der Waals surface area contributed by atoms with Gasteiger partial charge >= 0.3 is 5.97 Å². The summed E-state index contributed by atoms with van der Waals surface area (Å²) in [6, 6.07) is 9.41. The molecular weight excluding hydrogens is 406 g/mol. The number of nitrogens with zero attached hydrogens (tertiary/aromatic N) is 4. The first-order chi connectivity index (χ1) is 15.5. The van der Waals surface area contributed by atoms with Gasteiger partial charge < -0.3 is 14.6 Å². The number of hydrogen-bond donors (Lipinski definition) is 1. The summed E-state index contributed by atoms with van der Waals surface area (Å²) in [7, 11) is 0. The largest absolute Gasteiger partial charge is 0.462 e. The molecule has 8 heteroatoms. The highest BCUT2D eigenvalue weighted by atomic mass is 16.5. The van der Waals surface area contributed by atoms with Crippen molar-refractivity contribution in [3.63, 3.8) is 0 Å². The Bertz CT molecular complexity index is 1080. The Labute approximate surface area is 187 Å². The van der Waals surface area contributed by atoms with Crippen LogP contribution in [-0.2, 0) is 22.6 Å². The van der Waals surface area contributed by atoms with Crippen molar-refractivity contribution in [2.75, 3.05) is 6.61 Å². The van der Waals surface area contributed by atoms with Crippen LogP contribution in [0.15, 0.2) is 49.1 Å². The third-order valence-corrected chi connectivity index (χ3v) is 5.38. The average molecular weight is 436 g/mol. The fraction of sp³-hybridized carbons (Fsp3) is 0.333. The molecule has 0 fully saturated rings. The lowest BCUT2D eigenvalue weighted by atomic mass is 10.1. The lowest BCUT2D eigenvalue weighted by molar-refractivity contribution is -0.117. The fourth-order valence-electron chi connectivity index (χ4n) is 3.86. The van der Waals surface area contributed by atoms with Crippen molar-refractivity contribution in [1.29, 1.82) is 0 Å². The van der Waals surface area contributed by atoms with Crippen molar-refractivity contribution in [3.05, 3.63) is 77.1 Å². The molecule has 168 valence electrons. The lowest BCUT2D eigenvalue weighted by Crippen LogP contribution is -2.30. The number of carbonyl (C=O) groups excluding carboxylic acids is 2. The minimum atomic E-state index is -0.381. The van der Waals surface area contributed by atoms with E-state index in [1.165, 1.54) is 12.4 Å². The van der Waals surface area contributed by atoms with Gasteiger partial charge in [0.25, 0.3) is 0 Å². The average Bonchev–Trinajstić information content (AvgIpc) is 3.38. The maximum Gasteiger partial charge on any atom is 0.340 e. The highest BCUT2D eigenvalue weighted by molar-refractivity contribution is 5.98. The van der Waals surface area contributed by atoms with Crippen LogP contribution < -0.4 is 5.32 Å². The summed E-state index contributed by atoms with van der Waals surface area (Å²) < 4.78 is 8.97. The number of ether oxygens (including phenoxy) is 1. The van der Waals surface area contributed by atoms with Gasteiger partial charge in [0.05, 0.1) is 24.8 Å². The second-order valence-electron chi connectivity index (χ2n) is 7.35. The van der Waals surface area contributed by atoms with E-state index in [-0.39, 0.29) is 17.9 Å². The Hall–Kier alpha value is -3.68. The van der Waals surface area contributed by atoms with Crippen LogP contribution in [0.5, 0.6) is 0 Å². The summed E-state index contributed by atoms with van der Waals surface area (Å²) in [5.41, 5.74) is 3.90. The van der Waals surface area contributed by atoms with Crippen molar-refractivity contribution in [3.8, 4) is 0 Å². The molecule has 0 aliphatic carbocycles. The predicted molar refractivity (Wildman–Crippen MR) is 122 cm³/mol. The maximum atomic E-state index is 12.8. The van der Waals surface area contributed by atoms with E-state index in [0.29, 0.717) is 24.3 Å². The Morgan fingerprint density at radius 2 is 1.91 bits per heavy atom. The fourth-order valence-corrected chi connectivity index (χ4v) is 3.86. The van der Waals surface area contributed by atoms with Crippen molar-refractivity contribution >= 4 is 18.0 Å². The number of benzene rings is 1. The molecule has 1 atom stereocenters. The van der Waals surface area contributed by atoms with Crippen molar-refractivity contribution in [2.24, 2.45) is 0 Å². The van der Waals surface area contributed by atoms with Gasteiger partial charge in [-0.05, 0) is 39.3 Å². The van der Waals surface area contributed by atoms with Gasteiger partial charge in [0.15, 0.2) is 0 Å². The molecule has 0 bridgehead atoms. The molecule has 0 saturated heterocycles. The minimum Gasteiger partial charge on any atom is -0.462 e. The summed E-state index contributed by atoms with van der Waals surface area (Å²) in [5, 5.41) is 7.18. The molecule has 0 aliphatic heterocycles. The monoisotopic (exact) mass is 435 g/mol. The SMILES string of the molecule is CCOC(=O)c1c(/C=C/C(=O)NC(Cn2cncn2)c2ccccc2)c(C)n(CC)c1C. The molecule has 0 saturated carbocycles. The summed E-state index contributed by atoms with van der Waals surface area (Å²) in [5.74, 6) is -0.649. The molecule has 0 spiro atoms. The number of aromatic nitrogens is 4. The third-order valence-electron chi connectivity index (χ3n) is 5.38. The number of rotatable bonds is 9. The van der Waals surface area contributed by atoms with Gasteiger partial charge in [-0.15, -0.1) is 0 Å². The second kappa shape index (κ2) is 10.6. The standard InChI is InChI=1S/C24H29N5O3/c1-5-29-17(3)20(23(18(29)4)24(31)32-6-2)12-13-22(30)27-21(14-28-16-25-15-26-28)19-10-8-7-9-11-19/h7-13,15-16,21H,5-6,14H2,1-4H3,(H,27,30)/b13-12+. The van der Waals surface area contributed by atoms with Crippen LogP contribution in [0, 0.1) is 13.8 Å². The third kappa shape index (κ3) is 5.14. The number of nitrogens with one attached hydrogen (secondary N) is 1. The Balaban J connectivity index is 1.85. The van der Waals surface area contributed by atoms with Crippen molar-refractivity contribution in [1.82, 2.24) is 24.6 Å². The van der Waals surface area contributed by atoms with Crippen LogP contribution in [0.3, 0.4) is 0 Å². The number of carbonyl (C=O) groups is 2. The summed E-state index contributed by atoms with van der Waals surface area (Å²) >= 11 is 0. The van der Waals surface area contributed by atoms with Crippen molar-refractivity contribution < 1.29 is 14.3 Å². The van der Waals surface area contributed by atoms with E-state index in [9.17, 15) is 9.59 Å². The highest BCUT2D eigenvalue weighted by Gasteiger charge is 2.22. The molecule has 2 aromatic heterocycles. The normalized spacial score (nSPS) is 12.1.